The summed E-state index contributed by atoms with van der Waals surface area (Å²) < 4.78 is 1.78. The van der Waals surface area contributed by atoms with E-state index in [0.717, 1.165) is 12.5 Å². The fraction of sp³-hybridized carbons (Fsp3) is 0.375. The van der Waals surface area contributed by atoms with Crippen molar-refractivity contribution >= 4 is 17.3 Å². The summed E-state index contributed by atoms with van der Waals surface area (Å²) >= 11 is 1.71. The second-order valence-corrected chi connectivity index (χ2v) is 4.14. The number of aromatic nitrogens is 4. The maximum atomic E-state index is 3.93. The van der Waals surface area contributed by atoms with Gasteiger partial charge in [0.25, 0.3) is 0 Å². The number of anilines is 1. The molecule has 0 saturated carbocycles. The molecule has 0 aliphatic rings. The minimum atomic E-state index is 0.734. The Bertz CT molecular complexity index is 392. The molecule has 0 fully saturated rings. The van der Waals surface area contributed by atoms with E-state index in [9.17, 15) is 0 Å². The molecule has 0 bridgehead atoms. The van der Waals surface area contributed by atoms with Gasteiger partial charge < -0.3 is 4.90 Å². The molecule has 74 valence electrons. The highest BCUT2D eigenvalue weighted by Gasteiger charge is 2.07. The van der Waals surface area contributed by atoms with E-state index < -0.39 is 0 Å². The number of nitrogens with zero attached hydrogens (tertiary/aromatic N) is 5. The van der Waals surface area contributed by atoms with Crippen molar-refractivity contribution in [3.8, 4) is 0 Å². The zero-order valence-electron chi connectivity index (χ0n) is 8.08. The third-order valence-corrected chi connectivity index (χ3v) is 2.66. The average Bonchev–Trinajstić information content (AvgIpc) is 2.75. The van der Waals surface area contributed by atoms with Gasteiger partial charge >= 0.3 is 0 Å². The molecule has 0 amide bonds. The van der Waals surface area contributed by atoms with Crippen LogP contribution in [0.5, 0.6) is 0 Å². The third-order valence-electron chi connectivity index (χ3n) is 1.80. The van der Waals surface area contributed by atoms with E-state index >= 15 is 0 Å². The first-order chi connectivity index (χ1) is 6.77. The largest absolute Gasteiger partial charge is 0.346 e. The number of rotatable bonds is 3. The molecule has 0 radical (unpaired) electrons. The third kappa shape index (κ3) is 1.74. The Hall–Kier alpha value is -1.43. The molecule has 0 unspecified atom stereocenters. The van der Waals surface area contributed by atoms with Gasteiger partial charge in [0.2, 0.25) is 5.95 Å². The van der Waals surface area contributed by atoms with Crippen molar-refractivity contribution in [2.24, 2.45) is 0 Å². The van der Waals surface area contributed by atoms with E-state index in [4.69, 9.17) is 0 Å². The van der Waals surface area contributed by atoms with Gasteiger partial charge in [-0.05, 0) is 21.9 Å². The molecule has 2 rings (SSSR count). The Labute approximate surface area is 86.0 Å². The van der Waals surface area contributed by atoms with Gasteiger partial charge in [-0.2, -0.15) is 0 Å². The molecule has 0 aromatic carbocycles. The Morgan fingerprint density at radius 3 is 3.00 bits per heavy atom. The summed E-state index contributed by atoms with van der Waals surface area (Å²) in [6.07, 6.45) is 0. The summed E-state index contributed by atoms with van der Waals surface area (Å²) in [7, 11) is 3.85. The normalized spacial score (nSPS) is 10.4. The van der Waals surface area contributed by atoms with Gasteiger partial charge in [-0.1, -0.05) is 11.2 Å². The van der Waals surface area contributed by atoms with E-state index in [-0.39, 0.29) is 0 Å². The topological polar surface area (TPSA) is 46.8 Å². The highest BCUT2D eigenvalue weighted by molar-refractivity contribution is 7.09. The van der Waals surface area contributed by atoms with Crippen LogP contribution in [0.1, 0.15) is 4.88 Å². The lowest BCUT2D eigenvalue weighted by atomic mass is 10.5. The van der Waals surface area contributed by atoms with Crippen LogP contribution in [0, 0.1) is 0 Å². The molecule has 0 atom stereocenters. The van der Waals surface area contributed by atoms with Crippen LogP contribution in [0.4, 0.5) is 5.95 Å². The molecule has 0 saturated heterocycles. The van der Waals surface area contributed by atoms with Crippen LogP contribution in [0.2, 0.25) is 0 Å². The predicted molar refractivity (Wildman–Crippen MR) is 55.6 cm³/mol. The fourth-order valence-electron chi connectivity index (χ4n) is 1.17. The van der Waals surface area contributed by atoms with Crippen LogP contribution in [0.15, 0.2) is 17.5 Å². The molecule has 2 heterocycles. The number of hydrogen-bond donors (Lipinski definition) is 0. The van der Waals surface area contributed by atoms with E-state index in [2.05, 4.69) is 27.0 Å². The van der Waals surface area contributed by atoms with E-state index in [1.807, 2.05) is 25.1 Å². The zero-order valence-corrected chi connectivity index (χ0v) is 8.90. The highest BCUT2D eigenvalue weighted by Crippen LogP contribution is 2.12. The molecular formula is C8H11N5S. The zero-order chi connectivity index (χ0) is 9.97. The van der Waals surface area contributed by atoms with Gasteiger partial charge in [-0.15, -0.1) is 11.3 Å². The van der Waals surface area contributed by atoms with Gasteiger partial charge in [-0.25, -0.2) is 4.68 Å². The second kappa shape index (κ2) is 3.75. The van der Waals surface area contributed by atoms with Gasteiger partial charge in [0.15, 0.2) is 0 Å². The van der Waals surface area contributed by atoms with Crippen molar-refractivity contribution in [3.63, 3.8) is 0 Å². The van der Waals surface area contributed by atoms with E-state index in [1.54, 1.807) is 16.0 Å². The van der Waals surface area contributed by atoms with Gasteiger partial charge in [0.1, 0.15) is 0 Å². The maximum Gasteiger partial charge on any atom is 0.245 e. The van der Waals surface area contributed by atoms with Crippen LogP contribution < -0.4 is 4.90 Å². The minimum absolute atomic E-state index is 0.734. The lowest BCUT2D eigenvalue weighted by molar-refractivity contribution is 0.651. The first-order valence-corrected chi connectivity index (χ1v) is 5.11. The minimum Gasteiger partial charge on any atom is -0.346 e. The molecule has 14 heavy (non-hydrogen) atoms. The lowest BCUT2D eigenvalue weighted by Crippen LogP contribution is -2.16. The van der Waals surface area contributed by atoms with Crippen molar-refractivity contribution in [1.29, 1.82) is 0 Å². The molecule has 2 aromatic rings. The number of tetrazole rings is 1. The summed E-state index contributed by atoms with van der Waals surface area (Å²) in [5.74, 6) is 0.776. The van der Waals surface area contributed by atoms with Crippen LogP contribution >= 0.6 is 11.3 Å². The van der Waals surface area contributed by atoms with Crippen molar-refractivity contribution in [2.45, 2.75) is 6.54 Å². The van der Waals surface area contributed by atoms with Gasteiger partial charge in [0.05, 0.1) is 6.54 Å². The Morgan fingerprint density at radius 2 is 2.36 bits per heavy atom. The molecule has 6 heteroatoms. The van der Waals surface area contributed by atoms with Crippen LogP contribution in [0.25, 0.3) is 0 Å². The molecule has 0 N–H and O–H groups in total. The van der Waals surface area contributed by atoms with E-state index in [0.29, 0.717) is 0 Å². The summed E-state index contributed by atoms with van der Waals surface area (Å²) in [6, 6.07) is 4.10. The molecule has 2 aromatic heterocycles. The summed E-state index contributed by atoms with van der Waals surface area (Å²) in [5, 5.41) is 13.6. The Morgan fingerprint density at radius 1 is 1.50 bits per heavy atom. The van der Waals surface area contributed by atoms with Crippen molar-refractivity contribution in [2.75, 3.05) is 19.0 Å². The number of thiophene rings is 1. The Balaban J connectivity index is 2.21. The summed E-state index contributed by atoms with van der Waals surface area (Å²) in [4.78, 5) is 3.15. The molecule has 0 spiro atoms. The number of hydrogen-bond acceptors (Lipinski definition) is 5. The standard InChI is InChI=1S/C8H11N5S/c1-12(2)8-9-10-11-13(8)6-7-4-3-5-14-7/h3-5H,6H2,1-2H3. The summed E-state index contributed by atoms with van der Waals surface area (Å²) in [5.41, 5.74) is 0. The van der Waals surface area contributed by atoms with E-state index in [1.165, 1.54) is 4.88 Å². The maximum absolute atomic E-state index is 3.93. The first kappa shape index (κ1) is 9.14. The smallest absolute Gasteiger partial charge is 0.245 e. The van der Waals surface area contributed by atoms with Crippen LogP contribution in [-0.4, -0.2) is 34.3 Å². The molecule has 5 nitrogen and oxygen atoms in total. The fourth-order valence-corrected chi connectivity index (χ4v) is 1.86. The van der Waals surface area contributed by atoms with Crippen molar-refractivity contribution < 1.29 is 0 Å². The van der Waals surface area contributed by atoms with Crippen LogP contribution in [-0.2, 0) is 6.54 Å². The SMILES string of the molecule is CN(C)c1nnnn1Cc1cccs1. The Kier molecular flexibility index (Phi) is 2.45. The predicted octanol–water partition coefficient (Wildman–Crippen LogP) is 0.849. The van der Waals surface area contributed by atoms with Crippen molar-refractivity contribution in [1.82, 2.24) is 20.2 Å². The van der Waals surface area contributed by atoms with Gasteiger partial charge in [0, 0.05) is 19.0 Å². The van der Waals surface area contributed by atoms with Crippen LogP contribution in [0.3, 0.4) is 0 Å². The molecule has 0 aliphatic carbocycles. The average molecular weight is 209 g/mol. The van der Waals surface area contributed by atoms with Crippen molar-refractivity contribution in [3.05, 3.63) is 22.4 Å². The second-order valence-electron chi connectivity index (χ2n) is 3.11. The van der Waals surface area contributed by atoms with Gasteiger partial charge in [-0.3, -0.25) is 0 Å². The molecular weight excluding hydrogens is 198 g/mol. The quantitative estimate of drug-likeness (QED) is 0.752. The monoisotopic (exact) mass is 209 g/mol. The highest BCUT2D eigenvalue weighted by atomic mass is 32.1. The molecule has 0 aliphatic heterocycles. The lowest BCUT2D eigenvalue weighted by Gasteiger charge is -2.10. The summed E-state index contributed by atoms with van der Waals surface area (Å²) in [6.45, 7) is 0.734. The first-order valence-electron chi connectivity index (χ1n) is 4.23.